The fraction of sp³-hybridized carbons (Fsp3) is 0.167. The van der Waals surface area contributed by atoms with Crippen LogP contribution in [0.5, 0.6) is 0 Å². The summed E-state index contributed by atoms with van der Waals surface area (Å²) in [6, 6.07) is 6.08. The van der Waals surface area contributed by atoms with E-state index < -0.39 is 0 Å². The zero-order valence-corrected chi connectivity index (χ0v) is 13.2. The second-order valence-corrected chi connectivity index (χ2v) is 6.90. The summed E-state index contributed by atoms with van der Waals surface area (Å²) in [6.45, 7) is 0. The van der Waals surface area contributed by atoms with Crippen molar-refractivity contribution in [3.05, 3.63) is 54.4 Å². The van der Waals surface area contributed by atoms with Crippen molar-refractivity contribution in [1.82, 2.24) is 5.32 Å². The minimum Gasteiger partial charge on any atom is -0.309 e. The first-order valence-corrected chi connectivity index (χ1v) is 7.46. The molecule has 0 aliphatic rings. The van der Waals surface area contributed by atoms with Gasteiger partial charge in [0.05, 0.1) is 14.9 Å². The molecule has 0 aliphatic carbocycles. The Bertz CT molecular complexity index is 554. The van der Waals surface area contributed by atoms with E-state index in [2.05, 4.69) is 21.2 Å². The lowest BCUT2D eigenvalue weighted by Gasteiger charge is -2.16. The Labute approximate surface area is 127 Å². The first kappa shape index (κ1) is 14.3. The van der Waals surface area contributed by atoms with Gasteiger partial charge >= 0.3 is 0 Å². The number of nitrogens with one attached hydrogen (secondary N) is 1. The van der Waals surface area contributed by atoms with E-state index >= 15 is 0 Å². The van der Waals surface area contributed by atoms with Gasteiger partial charge in [-0.2, -0.15) is 0 Å². The quantitative estimate of drug-likeness (QED) is 0.778. The standard InChI is InChI=1S/C12H9BrCl2FNS/c1-17-11(10-5-8(15)12(13)18-10)7-4-6(14)2-3-9(7)16/h2-5,11,17H,1H3. The van der Waals surface area contributed by atoms with Crippen molar-refractivity contribution >= 4 is 50.5 Å². The highest BCUT2D eigenvalue weighted by Gasteiger charge is 2.19. The zero-order chi connectivity index (χ0) is 13.3. The summed E-state index contributed by atoms with van der Waals surface area (Å²) in [7, 11) is 1.77. The number of benzene rings is 1. The van der Waals surface area contributed by atoms with Gasteiger partial charge in [0.15, 0.2) is 0 Å². The zero-order valence-electron chi connectivity index (χ0n) is 9.31. The number of rotatable bonds is 3. The highest BCUT2D eigenvalue weighted by atomic mass is 79.9. The molecule has 0 fully saturated rings. The van der Waals surface area contributed by atoms with E-state index in [0.717, 1.165) is 8.66 Å². The largest absolute Gasteiger partial charge is 0.309 e. The molecule has 1 aromatic heterocycles. The van der Waals surface area contributed by atoms with Crippen LogP contribution in [0.25, 0.3) is 0 Å². The van der Waals surface area contributed by atoms with Gasteiger partial charge < -0.3 is 5.32 Å². The Morgan fingerprint density at radius 2 is 2.06 bits per heavy atom. The Kier molecular flexibility index (Phi) is 4.67. The van der Waals surface area contributed by atoms with Crippen LogP contribution in [0.15, 0.2) is 28.1 Å². The Morgan fingerprint density at radius 1 is 1.33 bits per heavy atom. The number of thiophene rings is 1. The molecule has 1 N–H and O–H groups in total. The van der Waals surface area contributed by atoms with Crippen molar-refractivity contribution in [2.24, 2.45) is 0 Å². The van der Waals surface area contributed by atoms with Crippen molar-refractivity contribution in [3.63, 3.8) is 0 Å². The van der Waals surface area contributed by atoms with Gasteiger partial charge in [-0.15, -0.1) is 11.3 Å². The van der Waals surface area contributed by atoms with E-state index in [9.17, 15) is 4.39 Å². The minimum absolute atomic E-state index is 0.266. The van der Waals surface area contributed by atoms with Crippen LogP contribution >= 0.6 is 50.5 Å². The molecule has 1 nitrogen and oxygen atoms in total. The summed E-state index contributed by atoms with van der Waals surface area (Å²) < 4.78 is 14.7. The molecule has 0 bridgehead atoms. The average molecular weight is 369 g/mol. The first-order chi connectivity index (χ1) is 8.52. The highest BCUT2D eigenvalue weighted by Crippen LogP contribution is 2.38. The summed E-state index contributed by atoms with van der Waals surface area (Å²) in [5.41, 5.74) is 0.510. The van der Waals surface area contributed by atoms with Gasteiger partial charge in [-0.1, -0.05) is 23.2 Å². The fourth-order valence-electron chi connectivity index (χ4n) is 1.69. The minimum atomic E-state index is -0.292. The maximum absolute atomic E-state index is 13.9. The molecule has 0 spiro atoms. The second-order valence-electron chi connectivity index (χ2n) is 3.66. The van der Waals surface area contributed by atoms with Gasteiger partial charge in [0, 0.05) is 15.5 Å². The summed E-state index contributed by atoms with van der Waals surface area (Å²) in [5.74, 6) is -0.292. The SMILES string of the molecule is CNC(c1cc(Cl)c(Br)s1)c1cc(Cl)ccc1F. The predicted molar refractivity (Wildman–Crippen MR) is 79.3 cm³/mol. The Morgan fingerprint density at radius 3 is 2.61 bits per heavy atom. The summed E-state index contributed by atoms with van der Waals surface area (Å²) in [4.78, 5) is 0.926. The Balaban J connectivity index is 2.48. The van der Waals surface area contributed by atoms with Gasteiger partial charge in [-0.3, -0.25) is 0 Å². The van der Waals surface area contributed by atoms with Crippen LogP contribution in [0.4, 0.5) is 4.39 Å². The van der Waals surface area contributed by atoms with Crippen LogP contribution < -0.4 is 5.32 Å². The molecule has 1 atom stereocenters. The van der Waals surface area contributed by atoms with Gasteiger partial charge in [-0.05, 0) is 47.2 Å². The third-order valence-electron chi connectivity index (χ3n) is 2.51. The summed E-state index contributed by atoms with van der Waals surface area (Å²) in [5, 5.41) is 4.21. The van der Waals surface area contributed by atoms with Gasteiger partial charge in [0.1, 0.15) is 5.82 Å². The molecule has 0 saturated carbocycles. The summed E-state index contributed by atoms with van der Waals surface area (Å²) >= 11 is 16.7. The Hall–Kier alpha value is -0.130. The van der Waals surface area contributed by atoms with Crippen molar-refractivity contribution in [2.75, 3.05) is 7.05 Å². The lowest BCUT2D eigenvalue weighted by molar-refractivity contribution is 0.579. The third kappa shape index (κ3) is 2.89. The molecule has 96 valence electrons. The van der Waals surface area contributed by atoms with Gasteiger partial charge in [0.25, 0.3) is 0 Å². The van der Waals surface area contributed by atoms with Crippen LogP contribution in [-0.4, -0.2) is 7.05 Å². The maximum atomic E-state index is 13.9. The van der Waals surface area contributed by atoms with Crippen LogP contribution in [0, 0.1) is 5.82 Å². The monoisotopic (exact) mass is 367 g/mol. The second kappa shape index (κ2) is 5.88. The molecule has 0 saturated heterocycles. The molecule has 1 heterocycles. The van der Waals surface area contributed by atoms with E-state index in [0.29, 0.717) is 15.6 Å². The summed E-state index contributed by atoms with van der Waals surface area (Å²) in [6.07, 6.45) is 0. The number of hydrogen-bond acceptors (Lipinski definition) is 2. The lowest BCUT2D eigenvalue weighted by atomic mass is 10.1. The van der Waals surface area contributed by atoms with E-state index in [4.69, 9.17) is 23.2 Å². The molecule has 1 aromatic carbocycles. The number of hydrogen-bond donors (Lipinski definition) is 1. The van der Waals surface area contributed by atoms with Gasteiger partial charge in [0.2, 0.25) is 0 Å². The van der Waals surface area contributed by atoms with Crippen molar-refractivity contribution < 1.29 is 4.39 Å². The van der Waals surface area contributed by atoms with Crippen molar-refractivity contribution in [1.29, 1.82) is 0 Å². The van der Waals surface area contributed by atoms with E-state index in [1.54, 1.807) is 13.1 Å². The smallest absolute Gasteiger partial charge is 0.128 e. The van der Waals surface area contributed by atoms with Crippen LogP contribution in [0.3, 0.4) is 0 Å². The first-order valence-electron chi connectivity index (χ1n) is 5.10. The third-order valence-corrected chi connectivity index (χ3v) is 5.28. The van der Waals surface area contributed by atoms with E-state index in [1.807, 2.05) is 6.07 Å². The normalized spacial score (nSPS) is 12.7. The number of halogens is 4. The van der Waals surface area contributed by atoms with E-state index in [-0.39, 0.29) is 11.9 Å². The molecule has 0 aliphatic heterocycles. The molecule has 1 unspecified atom stereocenters. The fourth-order valence-corrected chi connectivity index (χ4v) is 3.75. The average Bonchev–Trinajstić information content (AvgIpc) is 2.65. The molecular formula is C12H9BrCl2FNS. The molecule has 18 heavy (non-hydrogen) atoms. The maximum Gasteiger partial charge on any atom is 0.128 e. The molecule has 0 radical (unpaired) electrons. The molecular weight excluding hydrogens is 360 g/mol. The van der Waals surface area contributed by atoms with Crippen LogP contribution in [0.1, 0.15) is 16.5 Å². The molecule has 2 rings (SSSR count). The lowest BCUT2D eigenvalue weighted by Crippen LogP contribution is -2.17. The van der Waals surface area contributed by atoms with Crippen molar-refractivity contribution in [3.8, 4) is 0 Å². The highest BCUT2D eigenvalue weighted by molar-refractivity contribution is 9.11. The predicted octanol–water partition coefficient (Wildman–Crippen LogP) is 5.27. The molecule has 6 heteroatoms. The van der Waals surface area contributed by atoms with Crippen LogP contribution in [0.2, 0.25) is 10.0 Å². The van der Waals surface area contributed by atoms with Gasteiger partial charge in [-0.25, -0.2) is 4.39 Å². The van der Waals surface area contributed by atoms with Crippen molar-refractivity contribution in [2.45, 2.75) is 6.04 Å². The molecule has 2 aromatic rings. The van der Waals surface area contributed by atoms with E-state index in [1.165, 1.54) is 23.5 Å². The molecule has 0 amide bonds. The topological polar surface area (TPSA) is 12.0 Å². The van der Waals surface area contributed by atoms with Crippen LogP contribution in [-0.2, 0) is 0 Å².